The molecule has 0 unspecified atom stereocenters. The SMILES string of the molecule is O=C(NCC[C@H]1CCCO1)c1ccc(Cl)cc1F. The summed E-state index contributed by atoms with van der Waals surface area (Å²) >= 11 is 5.62. The van der Waals surface area contributed by atoms with E-state index in [0.29, 0.717) is 6.54 Å². The van der Waals surface area contributed by atoms with Gasteiger partial charge in [-0.15, -0.1) is 0 Å². The smallest absolute Gasteiger partial charge is 0.254 e. The van der Waals surface area contributed by atoms with Gasteiger partial charge in [-0.3, -0.25) is 4.79 Å². The number of hydrogen-bond acceptors (Lipinski definition) is 2. The number of rotatable bonds is 4. The fourth-order valence-corrected chi connectivity index (χ4v) is 2.15. The van der Waals surface area contributed by atoms with Gasteiger partial charge in [0.2, 0.25) is 0 Å². The number of nitrogens with one attached hydrogen (secondary N) is 1. The summed E-state index contributed by atoms with van der Waals surface area (Å²) in [4.78, 5) is 11.7. The van der Waals surface area contributed by atoms with Crippen LogP contribution in [0.4, 0.5) is 4.39 Å². The third kappa shape index (κ3) is 3.43. The quantitative estimate of drug-likeness (QED) is 0.914. The molecular weight excluding hydrogens is 257 g/mol. The van der Waals surface area contributed by atoms with Gasteiger partial charge in [0.25, 0.3) is 5.91 Å². The van der Waals surface area contributed by atoms with Gasteiger partial charge in [0.05, 0.1) is 11.7 Å². The van der Waals surface area contributed by atoms with Crippen LogP contribution in [0.15, 0.2) is 18.2 Å². The molecule has 0 saturated carbocycles. The van der Waals surface area contributed by atoms with E-state index in [1.165, 1.54) is 12.1 Å². The van der Waals surface area contributed by atoms with Gasteiger partial charge in [0.15, 0.2) is 0 Å². The monoisotopic (exact) mass is 271 g/mol. The molecule has 0 radical (unpaired) electrons. The van der Waals surface area contributed by atoms with Crippen molar-refractivity contribution in [3.63, 3.8) is 0 Å². The lowest BCUT2D eigenvalue weighted by molar-refractivity contribution is 0.0904. The van der Waals surface area contributed by atoms with E-state index < -0.39 is 11.7 Å². The maximum Gasteiger partial charge on any atom is 0.254 e. The summed E-state index contributed by atoms with van der Waals surface area (Å²) in [7, 11) is 0. The lowest BCUT2D eigenvalue weighted by Gasteiger charge is -2.10. The van der Waals surface area contributed by atoms with E-state index in [2.05, 4.69) is 5.32 Å². The number of carbonyl (C=O) groups excluding carboxylic acids is 1. The number of hydrogen-bond donors (Lipinski definition) is 1. The first-order valence-corrected chi connectivity index (χ1v) is 6.39. The first-order chi connectivity index (χ1) is 8.66. The average Bonchev–Trinajstić information content (AvgIpc) is 2.81. The topological polar surface area (TPSA) is 38.3 Å². The third-order valence-electron chi connectivity index (χ3n) is 2.95. The lowest BCUT2D eigenvalue weighted by Crippen LogP contribution is -2.27. The van der Waals surface area contributed by atoms with Crippen LogP contribution in [0.5, 0.6) is 0 Å². The van der Waals surface area contributed by atoms with Crippen LogP contribution in [0, 0.1) is 5.82 Å². The second kappa shape index (κ2) is 6.16. The fraction of sp³-hybridized carbons (Fsp3) is 0.462. The highest BCUT2D eigenvalue weighted by Crippen LogP contribution is 2.16. The Kier molecular flexibility index (Phi) is 4.55. The number of amides is 1. The van der Waals surface area contributed by atoms with Gasteiger partial charge in [-0.25, -0.2) is 4.39 Å². The maximum atomic E-state index is 13.5. The predicted octanol–water partition coefficient (Wildman–Crippen LogP) is 2.78. The molecule has 1 heterocycles. The first-order valence-electron chi connectivity index (χ1n) is 6.01. The van der Waals surface area contributed by atoms with Gasteiger partial charge in [-0.1, -0.05) is 11.6 Å². The molecule has 1 aromatic rings. The molecular formula is C13H15ClFNO2. The largest absolute Gasteiger partial charge is 0.378 e. The van der Waals surface area contributed by atoms with Crippen LogP contribution in [0.25, 0.3) is 0 Å². The summed E-state index contributed by atoms with van der Waals surface area (Å²) in [6.07, 6.45) is 3.09. The molecule has 0 bridgehead atoms. The molecule has 5 heteroatoms. The summed E-state index contributed by atoms with van der Waals surface area (Å²) in [5, 5.41) is 2.97. The van der Waals surface area contributed by atoms with Crippen molar-refractivity contribution >= 4 is 17.5 Å². The second-order valence-electron chi connectivity index (χ2n) is 4.30. The Bertz CT molecular complexity index is 433. The Hall–Kier alpha value is -1.13. The van der Waals surface area contributed by atoms with Crippen molar-refractivity contribution in [2.45, 2.75) is 25.4 Å². The summed E-state index contributed by atoms with van der Waals surface area (Å²) in [5.74, 6) is -1.01. The molecule has 18 heavy (non-hydrogen) atoms. The molecule has 0 aromatic heterocycles. The number of benzene rings is 1. The van der Waals surface area contributed by atoms with Crippen LogP contribution in [0.3, 0.4) is 0 Å². The fourth-order valence-electron chi connectivity index (χ4n) is 1.99. The van der Waals surface area contributed by atoms with E-state index >= 15 is 0 Å². The minimum absolute atomic E-state index is 0.0201. The second-order valence-corrected chi connectivity index (χ2v) is 4.74. The molecule has 0 spiro atoms. The van der Waals surface area contributed by atoms with Crippen LogP contribution in [0.1, 0.15) is 29.6 Å². The van der Waals surface area contributed by atoms with E-state index in [4.69, 9.17) is 16.3 Å². The molecule has 3 nitrogen and oxygen atoms in total. The van der Waals surface area contributed by atoms with Crippen molar-refractivity contribution < 1.29 is 13.9 Å². The zero-order chi connectivity index (χ0) is 13.0. The summed E-state index contributed by atoms with van der Waals surface area (Å²) < 4.78 is 18.9. The molecule has 98 valence electrons. The Morgan fingerprint density at radius 3 is 3.06 bits per heavy atom. The average molecular weight is 272 g/mol. The normalized spacial score (nSPS) is 18.9. The number of ether oxygens (including phenoxy) is 1. The van der Waals surface area contributed by atoms with Gasteiger partial charge in [0, 0.05) is 18.2 Å². The molecule has 1 atom stereocenters. The van der Waals surface area contributed by atoms with E-state index in [1.807, 2.05) is 0 Å². The molecule has 1 N–H and O–H groups in total. The Balaban J connectivity index is 1.83. The standard InChI is InChI=1S/C13H15ClFNO2/c14-9-3-4-11(12(15)8-9)13(17)16-6-5-10-2-1-7-18-10/h3-4,8,10H,1-2,5-7H2,(H,16,17)/t10-/m1/s1. The molecule has 1 amide bonds. The van der Waals surface area contributed by atoms with Crippen molar-refractivity contribution in [2.75, 3.05) is 13.2 Å². The van der Waals surface area contributed by atoms with Gasteiger partial charge >= 0.3 is 0 Å². The molecule has 1 aromatic carbocycles. The van der Waals surface area contributed by atoms with Crippen molar-refractivity contribution in [1.82, 2.24) is 5.32 Å². The summed E-state index contributed by atoms with van der Waals surface area (Å²) in [6, 6.07) is 4.02. The number of carbonyl (C=O) groups is 1. The Morgan fingerprint density at radius 1 is 1.56 bits per heavy atom. The van der Waals surface area contributed by atoms with Gasteiger partial charge in [0.1, 0.15) is 5.82 Å². The highest BCUT2D eigenvalue weighted by Gasteiger charge is 2.16. The highest BCUT2D eigenvalue weighted by molar-refractivity contribution is 6.30. The van der Waals surface area contributed by atoms with E-state index in [1.54, 1.807) is 0 Å². The Morgan fingerprint density at radius 2 is 2.39 bits per heavy atom. The van der Waals surface area contributed by atoms with Crippen molar-refractivity contribution in [2.24, 2.45) is 0 Å². The number of halogens is 2. The van der Waals surface area contributed by atoms with Gasteiger partial charge in [-0.05, 0) is 37.5 Å². The molecule has 1 aliphatic heterocycles. The van der Waals surface area contributed by atoms with Crippen molar-refractivity contribution in [3.05, 3.63) is 34.6 Å². The molecule has 1 aliphatic rings. The molecule has 1 saturated heterocycles. The molecule has 0 aliphatic carbocycles. The zero-order valence-corrected chi connectivity index (χ0v) is 10.7. The Labute approximate surface area is 110 Å². The minimum Gasteiger partial charge on any atom is -0.378 e. The lowest BCUT2D eigenvalue weighted by atomic mass is 10.1. The van der Waals surface area contributed by atoms with Crippen molar-refractivity contribution in [3.8, 4) is 0 Å². The highest BCUT2D eigenvalue weighted by atomic mass is 35.5. The van der Waals surface area contributed by atoms with E-state index in [0.717, 1.165) is 31.9 Å². The zero-order valence-electron chi connectivity index (χ0n) is 9.92. The minimum atomic E-state index is -0.600. The third-order valence-corrected chi connectivity index (χ3v) is 3.19. The predicted molar refractivity (Wildman–Crippen MR) is 67.3 cm³/mol. The van der Waals surface area contributed by atoms with Crippen LogP contribution in [0.2, 0.25) is 5.02 Å². The van der Waals surface area contributed by atoms with Gasteiger partial charge in [-0.2, -0.15) is 0 Å². The summed E-state index contributed by atoms with van der Waals surface area (Å²) in [6.45, 7) is 1.29. The maximum absolute atomic E-state index is 13.5. The first kappa shape index (κ1) is 13.3. The van der Waals surface area contributed by atoms with E-state index in [9.17, 15) is 9.18 Å². The molecule has 1 fully saturated rings. The van der Waals surface area contributed by atoms with E-state index in [-0.39, 0.29) is 16.7 Å². The van der Waals surface area contributed by atoms with Crippen LogP contribution in [-0.4, -0.2) is 25.2 Å². The van der Waals surface area contributed by atoms with Gasteiger partial charge < -0.3 is 10.1 Å². The van der Waals surface area contributed by atoms with Crippen LogP contribution >= 0.6 is 11.6 Å². The van der Waals surface area contributed by atoms with Crippen molar-refractivity contribution in [1.29, 1.82) is 0 Å². The summed E-state index contributed by atoms with van der Waals surface area (Å²) in [5.41, 5.74) is 0.0201. The van der Waals surface area contributed by atoms with Crippen LogP contribution < -0.4 is 5.32 Å². The van der Waals surface area contributed by atoms with Crippen LogP contribution in [-0.2, 0) is 4.74 Å². The molecule has 2 rings (SSSR count).